The van der Waals surface area contributed by atoms with Crippen LogP contribution in [0.15, 0.2) is 30.3 Å². The summed E-state index contributed by atoms with van der Waals surface area (Å²) in [6.07, 6.45) is 1.83. The molecule has 3 rings (SSSR count). The predicted molar refractivity (Wildman–Crippen MR) is 107 cm³/mol. The number of carbonyl (C=O) groups excluding carboxylic acids is 1. The minimum Gasteiger partial charge on any atom is -0.480 e. The molecule has 142 valence electrons. The standard InChI is InChI=1S/C20H23N3O3S/c1-13-16-19(26-3)22-15(12-25-2)23-20(16)27-17(13)18(24)21-11-7-10-14-8-5-4-6-9-14/h4-6,8-9H,7,10-12H2,1-3H3,(H,21,24). The van der Waals surface area contributed by atoms with Crippen molar-refractivity contribution in [2.45, 2.75) is 26.4 Å². The summed E-state index contributed by atoms with van der Waals surface area (Å²) in [6.45, 7) is 2.82. The van der Waals surface area contributed by atoms with Crippen LogP contribution in [0.5, 0.6) is 5.88 Å². The first kappa shape index (κ1) is 19.3. The van der Waals surface area contributed by atoms with E-state index in [0.717, 1.165) is 28.6 Å². The Kier molecular flexibility index (Phi) is 6.36. The van der Waals surface area contributed by atoms with Crippen molar-refractivity contribution in [3.63, 3.8) is 0 Å². The largest absolute Gasteiger partial charge is 0.480 e. The van der Waals surface area contributed by atoms with Gasteiger partial charge in [-0.15, -0.1) is 11.3 Å². The summed E-state index contributed by atoms with van der Waals surface area (Å²) >= 11 is 1.36. The Morgan fingerprint density at radius 3 is 2.67 bits per heavy atom. The molecule has 2 heterocycles. The van der Waals surface area contributed by atoms with Crippen LogP contribution < -0.4 is 10.1 Å². The Morgan fingerprint density at radius 2 is 1.96 bits per heavy atom. The third-order valence-corrected chi connectivity index (χ3v) is 5.43. The van der Waals surface area contributed by atoms with Gasteiger partial charge in [0.2, 0.25) is 5.88 Å². The summed E-state index contributed by atoms with van der Waals surface area (Å²) in [7, 11) is 3.16. The van der Waals surface area contributed by atoms with Crippen LogP contribution in [0, 0.1) is 6.92 Å². The monoisotopic (exact) mass is 385 g/mol. The quantitative estimate of drug-likeness (QED) is 0.601. The molecule has 0 aliphatic carbocycles. The molecule has 0 radical (unpaired) electrons. The van der Waals surface area contributed by atoms with E-state index in [4.69, 9.17) is 9.47 Å². The Labute approximate surface area is 162 Å². The van der Waals surface area contributed by atoms with Gasteiger partial charge in [0.15, 0.2) is 5.82 Å². The number of aryl methyl sites for hydroxylation is 2. The lowest BCUT2D eigenvalue weighted by molar-refractivity contribution is 0.0957. The lowest BCUT2D eigenvalue weighted by atomic mass is 10.1. The number of ether oxygens (including phenoxy) is 2. The van der Waals surface area contributed by atoms with Crippen LogP contribution in [0.4, 0.5) is 0 Å². The zero-order valence-electron chi connectivity index (χ0n) is 15.7. The summed E-state index contributed by atoms with van der Waals surface area (Å²) in [6, 6.07) is 10.3. The zero-order chi connectivity index (χ0) is 19.2. The molecule has 0 bridgehead atoms. The zero-order valence-corrected chi connectivity index (χ0v) is 16.6. The lowest BCUT2D eigenvalue weighted by Crippen LogP contribution is -2.24. The Balaban J connectivity index is 1.71. The van der Waals surface area contributed by atoms with Gasteiger partial charge >= 0.3 is 0 Å². The van der Waals surface area contributed by atoms with E-state index in [-0.39, 0.29) is 5.91 Å². The van der Waals surface area contributed by atoms with E-state index < -0.39 is 0 Å². The average molecular weight is 385 g/mol. The van der Waals surface area contributed by atoms with E-state index in [9.17, 15) is 4.79 Å². The summed E-state index contributed by atoms with van der Waals surface area (Å²) in [5.41, 5.74) is 2.12. The van der Waals surface area contributed by atoms with E-state index in [2.05, 4.69) is 27.4 Å². The Hall–Kier alpha value is -2.51. The van der Waals surface area contributed by atoms with Gasteiger partial charge in [-0.1, -0.05) is 30.3 Å². The van der Waals surface area contributed by atoms with Crippen LogP contribution in [-0.2, 0) is 17.8 Å². The molecule has 0 spiro atoms. The van der Waals surface area contributed by atoms with E-state index in [1.54, 1.807) is 14.2 Å². The minimum atomic E-state index is -0.0843. The van der Waals surface area contributed by atoms with Crippen LogP contribution in [0.2, 0.25) is 0 Å². The molecule has 0 saturated carbocycles. The van der Waals surface area contributed by atoms with Gasteiger partial charge in [-0.3, -0.25) is 4.79 Å². The molecule has 0 unspecified atom stereocenters. The van der Waals surface area contributed by atoms with Crippen LogP contribution in [-0.4, -0.2) is 36.6 Å². The number of carbonyl (C=O) groups is 1. The normalized spacial score (nSPS) is 10.9. The van der Waals surface area contributed by atoms with Crippen molar-refractivity contribution in [2.24, 2.45) is 0 Å². The number of methoxy groups -OCH3 is 2. The molecular weight excluding hydrogens is 362 g/mol. The van der Waals surface area contributed by atoms with Crippen molar-refractivity contribution in [2.75, 3.05) is 20.8 Å². The van der Waals surface area contributed by atoms with Crippen LogP contribution >= 0.6 is 11.3 Å². The van der Waals surface area contributed by atoms with Crippen LogP contribution in [0.3, 0.4) is 0 Å². The summed E-state index contributed by atoms with van der Waals surface area (Å²) in [4.78, 5) is 22.9. The van der Waals surface area contributed by atoms with Crippen molar-refractivity contribution >= 4 is 27.5 Å². The lowest BCUT2D eigenvalue weighted by Gasteiger charge is -2.06. The maximum atomic E-state index is 12.6. The van der Waals surface area contributed by atoms with Crippen molar-refractivity contribution in [3.8, 4) is 5.88 Å². The van der Waals surface area contributed by atoms with Gasteiger partial charge < -0.3 is 14.8 Å². The second kappa shape index (κ2) is 8.92. The highest BCUT2D eigenvalue weighted by Gasteiger charge is 2.20. The number of fused-ring (bicyclic) bond motifs is 1. The summed E-state index contributed by atoms with van der Waals surface area (Å²) in [5.74, 6) is 0.931. The Morgan fingerprint density at radius 1 is 1.19 bits per heavy atom. The second-order valence-electron chi connectivity index (χ2n) is 6.16. The fourth-order valence-corrected chi connectivity index (χ4v) is 4.03. The maximum absolute atomic E-state index is 12.6. The van der Waals surface area contributed by atoms with Gasteiger partial charge in [-0.2, -0.15) is 4.98 Å². The molecular formula is C20H23N3O3S. The summed E-state index contributed by atoms with van der Waals surface area (Å²) in [5, 5.41) is 3.79. The molecule has 0 aliphatic heterocycles. The van der Waals surface area contributed by atoms with E-state index in [0.29, 0.717) is 29.7 Å². The molecule has 2 aromatic heterocycles. The predicted octanol–water partition coefficient (Wildman–Crippen LogP) is 3.52. The number of hydrogen-bond acceptors (Lipinski definition) is 6. The molecule has 1 N–H and O–H groups in total. The number of nitrogens with one attached hydrogen (secondary N) is 1. The van der Waals surface area contributed by atoms with E-state index in [1.807, 2.05) is 25.1 Å². The first-order valence-corrected chi connectivity index (χ1v) is 9.60. The van der Waals surface area contributed by atoms with Gasteiger partial charge in [0.25, 0.3) is 5.91 Å². The van der Waals surface area contributed by atoms with Crippen molar-refractivity contribution in [1.82, 2.24) is 15.3 Å². The highest BCUT2D eigenvalue weighted by Crippen LogP contribution is 2.35. The molecule has 0 aliphatic rings. The molecule has 0 fully saturated rings. The minimum absolute atomic E-state index is 0.0843. The topological polar surface area (TPSA) is 73.3 Å². The fraction of sp³-hybridized carbons (Fsp3) is 0.350. The molecule has 0 saturated heterocycles. The van der Waals surface area contributed by atoms with Crippen molar-refractivity contribution in [1.29, 1.82) is 0 Å². The van der Waals surface area contributed by atoms with Crippen molar-refractivity contribution < 1.29 is 14.3 Å². The van der Waals surface area contributed by atoms with Crippen LogP contribution in [0.1, 0.15) is 33.0 Å². The average Bonchev–Trinajstić information content (AvgIpc) is 3.02. The maximum Gasteiger partial charge on any atom is 0.261 e. The smallest absolute Gasteiger partial charge is 0.261 e. The molecule has 3 aromatic rings. The third-order valence-electron chi connectivity index (χ3n) is 4.25. The number of benzene rings is 1. The first-order valence-electron chi connectivity index (χ1n) is 8.79. The first-order chi connectivity index (χ1) is 13.1. The highest BCUT2D eigenvalue weighted by atomic mass is 32.1. The second-order valence-corrected chi connectivity index (χ2v) is 7.16. The number of aromatic nitrogens is 2. The molecule has 6 nitrogen and oxygen atoms in total. The van der Waals surface area contributed by atoms with Gasteiger partial charge in [0.05, 0.1) is 17.4 Å². The number of rotatable bonds is 8. The van der Waals surface area contributed by atoms with Gasteiger partial charge in [-0.05, 0) is 30.9 Å². The SMILES string of the molecule is COCc1nc(OC)c2c(C)c(C(=O)NCCCc3ccccc3)sc2n1. The van der Waals surface area contributed by atoms with Gasteiger partial charge in [-0.25, -0.2) is 4.98 Å². The molecule has 1 aromatic carbocycles. The highest BCUT2D eigenvalue weighted by molar-refractivity contribution is 7.20. The summed E-state index contributed by atoms with van der Waals surface area (Å²) < 4.78 is 10.5. The van der Waals surface area contributed by atoms with Gasteiger partial charge in [0, 0.05) is 13.7 Å². The van der Waals surface area contributed by atoms with Crippen molar-refractivity contribution in [3.05, 3.63) is 52.2 Å². The van der Waals surface area contributed by atoms with Crippen LogP contribution in [0.25, 0.3) is 10.2 Å². The number of amides is 1. The Bertz CT molecular complexity index is 925. The number of hydrogen-bond donors (Lipinski definition) is 1. The number of nitrogens with zero attached hydrogens (tertiary/aromatic N) is 2. The van der Waals surface area contributed by atoms with E-state index in [1.165, 1.54) is 16.9 Å². The number of thiophene rings is 1. The van der Waals surface area contributed by atoms with E-state index >= 15 is 0 Å². The third kappa shape index (κ3) is 4.43. The fourth-order valence-electron chi connectivity index (χ4n) is 2.92. The van der Waals surface area contributed by atoms with Gasteiger partial charge in [0.1, 0.15) is 11.4 Å². The molecule has 1 amide bonds. The molecule has 0 atom stereocenters. The molecule has 7 heteroatoms. The molecule has 27 heavy (non-hydrogen) atoms.